The zero-order valence-corrected chi connectivity index (χ0v) is 26.1. The van der Waals surface area contributed by atoms with E-state index in [1.165, 1.54) is 186 Å². The maximum absolute atomic E-state index is 10.7. The molecule has 1 atom stereocenters. The summed E-state index contributed by atoms with van der Waals surface area (Å²) in [4.78, 5) is 10.7. The van der Waals surface area contributed by atoms with Crippen molar-refractivity contribution in [3.05, 3.63) is 0 Å². The van der Waals surface area contributed by atoms with Gasteiger partial charge >= 0.3 is 5.97 Å². The van der Waals surface area contributed by atoms with Crippen molar-refractivity contribution in [2.24, 2.45) is 5.73 Å². The highest BCUT2D eigenvalue weighted by molar-refractivity contribution is 5.72. The van der Waals surface area contributed by atoms with Crippen LogP contribution in [-0.2, 0) is 4.79 Å². The van der Waals surface area contributed by atoms with Gasteiger partial charge in [0.25, 0.3) is 0 Å². The van der Waals surface area contributed by atoms with Crippen molar-refractivity contribution in [3.63, 3.8) is 0 Å². The number of carbonyl (C=O) groups is 1. The highest BCUT2D eigenvalue weighted by Gasteiger charge is 2.09. The van der Waals surface area contributed by atoms with Crippen molar-refractivity contribution in [2.45, 2.75) is 218 Å². The lowest BCUT2D eigenvalue weighted by Gasteiger charge is -2.06. The van der Waals surface area contributed by atoms with E-state index in [4.69, 9.17) is 10.8 Å². The summed E-state index contributed by atoms with van der Waals surface area (Å²) >= 11 is 0. The summed E-state index contributed by atoms with van der Waals surface area (Å²) in [5, 5.41) is 8.77. The van der Waals surface area contributed by atoms with Gasteiger partial charge in [-0.25, -0.2) is 0 Å². The molecule has 0 aromatic carbocycles. The van der Waals surface area contributed by atoms with E-state index in [-0.39, 0.29) is 0 Å². The zero-order chi connectivity index (χ0) is 27.8. The van der Waals surface area contributed by atoms with Gasteiger partial charge in [0.2, 0.25) is 0 Å². The minimum Gasteiger partial charge on any atom is -0.480 e. The Morgan fingerprint density at radius 3 is 0.789 bits per heavy atom. The van der Waals surface area contributed by atoms with E-state index in [2.05, 4.69) is 6.92 Å². The molecule has 0 aliphatic rings. The lowest BCUT2D eigenvalue weighted by atomic mass is 10.0. The molecule has 0 spiro atoms. The van der Waals surface area contributed by atoms with Crippen LogP contribution in [0.5, 0.6) is 0 Å². The second-order valence-corrected chi connectivity index (χ2v) is 12.3. The summed E-state index contributed by atoms with van der Waals surface area (Å²) in [6.45, 7) is 2.30. The number of carboxylic acid groups (broad SMARTS) is 1. The lowest BCUT2D eigenvalue weighted by molar-refractivity contribution is -0.138. The van der Waals surface area contributed by atoms with Gasteiger partial charge in [0, 0.05) is 0 Å². The van der Waals surface area contributed by atoms with Crippen LogP contribution in [0.3, 0.4) is 0 Å². The molecule has 0 saturated carbocycles. The number of hydrogen-bond acceptors (Lipinski definition) is 2. The predicted molar refractivity (Wildman–Crippen MR) is 169 cm³/mol. The van der Waals surface area contributed by atoms with E-state index >= 15 is 0 Å². The summed E-state index contributed by atoms with van der Waals surface area (Å²) in [6, 6.07) is -0.668. The first-order valence-electron chi connectivity index (χ1n) is 17.7. The fraction of sp³-hybridized carbons (Fsp3) is 0.971. The third kappa shape index (κ3) is 31.6. The molecule has 0 fully saturated rings. The molecular weight excluding hydrogens is 466 g/mol. The molecule has 0 aromatic rings. The topological polar surface area (TPSA) is 63.3 Å². The molecule has 0 aromatic heterocycles. The van der Waals surface area contributed by atoms with Gasteiger partial charge in [-0.3, -0.25) is 4.79 Å². The Morgan fingerprint density at radius 2 is 0.605 bits per heavy atom. The second kappa shape index (κ2) is 32.6. The monoisotopic (exact) mass is 538 g/mol. The van der Waals surface area contributed by atoms with Crippen LogP contribution in [0.1, 0.15) is 212 Å². The summed E-state index contributed by atoms with van der Waals surface area (Å²) in [5.41, 5.74) is 5.53. The molecule has 0 rings (SSSR count). The Morgan fingerprint density at radius 1 is 0.421 bits per heavy atom. The van der Waals surface area contributed by atoms with Crippen LogP contribution in [0.4, 0.5) is 0 Å². The number of aliphatic carboxylic acids is 1. The maximum atomic E-state index is 10.7. The molecule has 3 nitrogen and oxygen atoms in total. The Hall–Kier alpha value is -0.570. The molecule has 0 amide bonds. The fourth-order valence-electron chi connectivity index (χ4n) is 5.69. The molecule has 3 heteroatoms. The van der Waals surface area contributed by atoms with Crippen LogP contribution < -0.4 is 5.73 Å². The van der Waals surface area contributed by atoms with Crippen molar-refractivity contribution in [1.29, 1.82) is 0 Å². The average molecular weight is 538 g/mol. The van der Waals surface area contributed by atoms with Crippen molar-refractivity contribution < 1.29 is 9.90 Å². The van der Waals surface area contributed by atoms with Gasteiger partial charge in [-0.15, -0.1) is 0 Å². The van der Waals surface area contributed by atoms with Crippen LogP contribution in [0, 0.1) is 0 Å². The van der Waals surface area contributed by atoms with E-state index in [1.807, 2.05) is 0 Å². The fourth-order valence-corrected chi connectivity index (χ4v) is 5.69. The summed E-state index contributed by atoms with van der Waals surface area (Å²) < 4.78 is 0. The van der Waals surface area contributed by atoms with Gasteiger partial charge in [-0.1, -0.05) is 206 Å². The van der Waals surface area contributed by atoms with Crippen LogP contribution in [0.2, 0.25) is 0 Å². The smallest absolute Gasteiger partial charge is 0.320 e. The summed E-state index contributed by atoms with van der Waals surface area (Å²) in [5.74, 6) is -0.865. The minimum atomic E-state index is -0.865. The molecule has 0 saturated heterocycles. The van der Waals surface area contributed by atoms with Gasteiger partial charge < -0.3 is 10.8 Å². The quantitative estimate of drug-likeness (QED) is 0.0818. The average Bonchev–Trinajstić information content (AvgIpc) is 2.91. The molecule has 0 bridgehead atoms. The highest BCUT2D eigenvalue weighted by Crippen LogP contribution is 2.16. The SMILES string of the molecule is CCCCCCCCCCCCCCCCCCCCCCCCCCCCCCCCCC(N)C(=O)O. The van der Waals surface area contributed by atoms with Gasteiger partial charge in [0.15, 0.2) is 0 Å². The van der Waals surface area contributed by atoms with E-state index in [1.54, 1.807) is 0 Å². The number of nitrogens with two attached hydrogens (primary N) is 1. The maximum Gasteiger partial charge on any atom is 0.320 e. The van der Waals surface area contributed by atoms with Gasteiger partial charge in [-0.2, -0.15) is 0 Å². The highest BCUT2D eigenvalue weighted by atomic mass is 16.4. The Labute approximate surface area is 239 Å². The number of rotatable bonds is 33. The van der Waals surface area contributed by atoms with Gasteiger partial charge in [0.1, 0.15) is 6.04 Å². The largest absolute Gasteiger partial charge is 0.480 e. The first kappa shape index (κ1) is 37.4. The molecule has 0 aliphatic carbocycles. The van der Waals surface area contributed by atoms with Gasteiger partial charge in [-0.05, 0) is 6.42 Å². The van der Waals surface area contributed by atoms with E-state index < -0.39 is 12.0 Å². The number of unbranched alkanes of at least 4 members (excludes halogenated alkanes) is 30. The molecular formula is C35H71NO2. The minimum absolute atomic E-state index is 0.620. The molecule has 0 aliphatic heterocycles. The van der Waals surface area contributed by atoms with Crippen LogP contribution in [-0.4, -0.2) is 17.1 Å². The van der Waals surface area contributed by atoms with Crippen molar-refractivity contribution in [2.75, 3.05) is 0 Å². The standard InChI is InChI=1S/C35H71NO2/c1-2-3-4-5-6-7-8-9-10-11-12-13-14-15-16-17-18-19-20-21-22-23-24-25-26-27-28-29-30-31-32-33-34(36)35(37)38/h34H,2-33,36H2,1H3,(H,37,38). The molecule has 0 heterocycles. The Kier molecular flexibility index (Phi) is 32.2. The van der Waals surface area contributed by atoms with Crippen molar-refractivity contribution >= 4 is 5.97 Å². The second-order valence-electron chi connectivity index (χ2n) is 12.3. The zero-order valence-electron chi connectivity index (χ0n) is 26.1. The van der Waals surface area contributed by atoms with Crippen LogP contribution in [0.25, 0.3) is 0 Å². The first-order valence-corrected chi connectivity index (χ1v) is 17.7. The molecule has 3 N–H and O–H groups in total. The third-order valence-corrected chi connectivity index (χ3v) is 8.44. The predicted octanol–water partition coefficient (Wildman–Crippen LogP) is 11.9. The Balaban J connectivity index is 3.05. The van der Waals surface area contributed by atoms with E-state index in [9.17, 15) is 4.79 Å². The Bertz CT molecular complexity index is 453. The van der Waals surface area contributed by atoms with E-state index in [0.29, 0.717) is 6.42 Å². The van der Waals surface area contributed by atoms with Crippen LogP contribution in [0.15, 0.2) is 0 Å². The normalized spacial score (nSPS) is 12.3. The van der Waals surface area contributed by atoms with E-state index in [0.717, 1.165) is 12.8 Å². The molecule has 38 heavy (non-hydrogen) atoms. The van der Waals surface area contributed by atoms with Crippen molar-refractivity contribution in [1.82, 2.24) is 0 Å². The summed E-state index contributed by atoms with van der Waals surface area (Å²) in [6.07, 6.45) is 44.3. The third-order valence-electron chi connectivity index (χ3n) is 8.44. The molecule has 228 valence electrons. The molecule has 0 radical (unpaired) electrons. The van der Waals surface area contributed by atoms with Gasteiger partial charge in [0.05, 0.1) is 0 Å². The molecule has 1 unspecified atom stereocenters. The number of hydrogen-bond donors (Lipinski definition) is 2. The first-order chi connectivity index (χ1) is 18.7. The van der Waals surface area contributed by atoms with Crippen LogP contribution >= 0.6 is 0 Å². The number of carboxylic acids is 1. The summed E-state index contributed by atoms with van der Waals surface area (Å²) in [7, 11) is 0. The lowest BCUT2D eigenvalue weighted by Crippen LogP contribution is -2.29. The van der Waals surface area contributed by atoms with Crippen molar-refractivity contribution in [3.8, 4) is 0 Å².